The summed E-state index contributed by atoms with van der Waals surface area (Å²) < 4.78 is 1.53. The molecule has 0 aromatic carbocycles. The fraction of sp³-hybridized carbons (Fsp3) is 0.571. The molecule has 0 bridgehead atoms. The molecule has 2 rings (SSSR count). The zero-order valence-electron chi connectivity index (χ0n) is 6.88. The predicted molar refractivity (Wildman–Crippen MR) is 42.7 cm³/mol. The Bertz CT molecular complexity index is 341. The summed E-state index contributed by atoms with van der Waals surface area (Å²) in [5, 5.41) is 24.9. The SMILES string of the molecule is N#Cc1ncn(C2CNCC2O)n1. The van der Waals surface area contributed by atoms with E-state index in [1.54, 1.807) is 0 Å². The summed E-state index contributed by atoms with van der Waals surface area (Å²) >= 11 is 0. The third kappa shape index (κ3) is 1.39. The van der Waals surface area contributed by atoms with E-state index in [1.807, 2.05) is 6.07 Å². The average molecular weight is 179 g/mol. The number of hydrogen-bond donors (Lipinski definition) is 2. The molecule has 1 aliphatic heterocycles. The molecule has 1 aromatic heterocycles. The molecule has 0 amide bonds. The summed E-state index contributed by atoms with van der Waals surface area (Å²) in [5.41, 5.74) is 0. The first-order valence-electron chi connectivity index (χ1n) is 4.01. The second kappa shape index (κ2) is 3.12. The van der Waals surface area contributed by atoms with E-state index < -0.39 is 6.10 Å². The van der Waals surface area contributed by atoms with Gasteiger partial charge in [-0.2, -0.15) is 5.26 Å². The van der Waals surface area contributed by atoms with E-state index in [0.717, 1.165) is 0 Å². The van der Waals surface area contributed by atoms with Crippen LogP contribution in [-0.2, 0) is 0 Å². The normalized spacial score (nSPS) is 27.4. The van der Waals surface area contributed by atoms with Gasteiger partial charge in [-0.1, -0.05) is 0 Å². The maximum atomic E-state index is 9.49. The highest BCUT2D eigenvalue weighted by atomic mass is 16.3. The Hall–Kier alpha value is -1.45. The lowest BCUT2D eigenvalue weighted by Crippen LogP contribution is -2.22. The molecule has 1 aromatic rings. The topological polar surface area (TPSA) is 86.8 Å². The molecule has 2 atom stereocenters. The summed E-state index contributed by atoms with van der Waals surface area (Å²) in [6.45, 7) is 1.22. The van der Waals surface area contributed by atoms with E-state index in [4.69, 9.17) is 5.26 Å². The molecule has 1 fully saturated rings. The van der Waals surface area contributed by atoms with Crippen LogP contribution in [-0.4, -0.2) is 39.1 Å². The lowest BCUT2D eigenvalue weighted by Gasteiger charge is -2.11. The van der Waals surface area contributed by atoms with Crippen molar-refractivity contribution in [3.63, 3.8) is 0 Å². The van der Waals surface area contributed by atoms with Gasteiger partial charge >= 0.3 is 0 Å². The largest absolute Gasteiger partial charge is 0.390 e. The first kappa shape index (κ1) is 8.16. The smallest absolute Gasteiger partial charge is 0.252 e. The van der Waals surface area contributed by atoms with Crippen LogP contribution in [0.5, 0.6) is 0 Å². The Kier molecular flexibility index (Phi) is 1.96. The highest BCUT2D eigenvalue weighted by Gasteiger charge is 2.27. The first-order chi connectivity index (χ1) is 6.31. The summed E-state index contributed by atoms with van der Waals surface area (Å²) in [6, 6.07) is 1.74. The molecule has 0 spiro atoms. The lowest BCUT2D eigenvalue weighted by atomic mass is 10.2. The van der Waals surface area contributed by atoms with Crippen LogP contribution in [0.1, 0.15) is 11.9 Å². The quantitative estimate of drug-likeness (QED) is 0.557. The number of aliphatic hydroxyl groups is 1. The Morgan fingerprint density at radius 2 is 2.54 bits per heavy atom. The summed E-state index contributed by atoms with van der Waals surface area (Å²) in [4.78, 5) is 3.77. The van der Waals surface area contributed by atoms with Crippen molar-refractivity contribution in [2.45, 2.75) is 12.1 Å². The molecule has 0 aliphatic carbocycles. The van der Waals surface area contributed by atoms with Gasteiger partial charge in [-0.3, -0.25) is 0 Å². The number of hydrogen-bond acceptors (Lipinski definition) is 5. The van der Waals surface area contributed by atoms with Gasteiger partial charge in [0.25, 0.3) is 5.82 Å². The molecule has 68 valence electrons. The molecule has 1 aliphatic rings. The van der Waals surface area contributed by atoms with Gasteiger partial charge in [-0.15, -0.1) is 5.10 Å². The van der Waals surface area contributed by atoms with Crippen LogP contribution < -0.4 is 5.32 Å². The summed E-state index contributed by atoms with van der Waals surface area (Å²) in [6.07, 6.45) is 1.02. The molecule has 2 N–H and O–H groups in total. The van der Waals surface area contributed by atoms with E-state index in [9.17, 15) is 5.11 Å². The number of rotatable bonds is 1. The van der Waals surface area contributed by atoms with E-state index in [-0.39, 0.29) is 11.9 Å². The molecule has 1 saturated heterocycles. The fourth-order valence-corrected chi connectivity index (χ4v) is 1.41. The van der Waals surface area contributed by atoms with Crippen LogP contribution >= 0.6 is 0 Å². The van der Waals surface area contributed by atoms with E-state index in [0.29, 0.717) is 13.1 Å². The molecule has 6 heteroatoms. The van der Waals surface area contributed by atoms with Crippen LogP contribution in [0.25, 0.3) is 0 Å². The lowest BCUT2D eigenvalue weighted by molar-refractivity contribution is 0.144. The third-order valence-corrected chi connectivity index (χ3v) is 2.10. The van der Waals surface area contributed by atoms with Gasteiger partial charge in [0, 0.05) is 13.1 Å². The highest BCUT2D eigenvalue weighted by Crippen LogP contribution is 2.13. The van der Waals surface area contributed by atoms with Gasteiger partial charge in [-0.05, 0) is 0 Å². The molecule has 2 unspecified atom stereocenters. The van der Waals surface area contributed by atoms with Gasteiger partial charge in [0.15, 0.2) is 0 Å². The third-order valence-electron chi connectivity index (χ3n) is 2.10. The predicted octanol–water partition coefficient (Wildman–Crippen LogP) is -1.35. The molecule has 0 saturated carbocycles. The van der Waals surface area contributed by atoms with Crippen molar-refractivity contribution >= 4 is 0 Å². The number of nitrogens with one attached hydrogen (secondary N) is 1. The number of β-amino-alcohol motifs (C(OH)–C–C–N with tert-alkyl or cyclic N) is 1. The van der Waals surface area contributed by atoms with Crippen molar-refractivity contribution in [2.75, 3.05) is 13.1 Å². The van der Waals surface area contributed by atoms with Gasteiger partial charge in [0.05, 0.1) is 12.1 Å². The maximum Gasteiger partial charge on any atom is 0.252 e. The Labute approximate surface area is 74.8 Å². The standard InChI is InChI=1S/C7H9N5O/c8-1-7-10-4-12(11-7)5-2-9-3-6(5)13/h4-6,9,13H,2-3H2. The zero-order chi connectivity index (χ0) is 9.26. The molecular weight excluding hydrogens is 170 g/mol. The Morgan fingerprint density at radius 3 is 3.08 bits per heavy atom. The van der Waals surface area contributed by atoms with E-state index in [1.165, 1.54) is 11.0 Å². The van der Waals surface area contributed by atoms with Crippen molar-refractivity contribution < 1.29 is 5.11 Å². The van der Waals surface area contributed by atoms with Crippen LogP contribution in [0.4, 0.5) is 0 Å². The van der Waals surface area contributed by atoms with Crippen molar-refractivity contribution in [3.05, 3.63) is 12.2 Å². The van der Waals surface area contributed by atoms with Gasteiger partial charge in [0.2, 0.25) is 0 Å². The summed E-state index contributed by atoms with van der Waals surface area (Å²) in [7, 11) is 0. The summed E-state index contributed by atoms with van der Waals surface area (Å²) in [5.74, 6) is 0.138. The Balaban J connectivity index is 2.21. The number of aromatic nitrogens is 3. The minimum Gasteiger partial charge on any atom is -0.390 e. The van der Waals surface area contributed by atoms with E-state index >= 15 is 0 Å². The number of nitrogens with zero attached hydrogens (tertiary/aromatic N) is 4. The van der Waals surface area contributed by atoms with Crippen molar-refractivity contribution in [1.82, 2.24) is 20.1 Å². The number of nitriles is 1. The van der Waals surface area contributed by atoms with Crippen LogP contribution in [0.2, 0.25) is 0 Å². The van der Waals surface area contributed by atoms with Crippen molar-refractivity contribution in [2.24, 2.45) is 0 Å². The van der Waals surface area contributed by atoms with Crippen LogP contribution in [0.15, 0.2) is 6.33 Å². The second-order valence-corrected chi connectivity index (χ2v) is 2.95. The minimum atomic E-state index is -0.451. The number of aliphatic hydroxyl groups excluding tert-OH is 1. The second-order valence-electron chi connectivity index (χ2n) is 2.95. The zero-order valence-corrected chi connectivity index (χ0v) is 6.88. The van der Waals surface area contributed by atoms with Crippen LogP contribution in [0.3, 0.4) is 0 Å². The highest BCUT2D eigenvalue weighted by molar-refractivity contribution is 5.06. The monoisotopic (exact) mass is 179 g/mol. The Morgan fingerprint density at radius 1 is 1.69 bits per heavy atom. The minimum absolute atomic E-state index is 0.102. The average Bonchev–Trinajstić information content (AvgIpc) is 2.71. The van der Waals surface area contributed by atoms with Crippen LogP contribution in [0, 0.1) is 11.3 Å². The molecular formula is C7H9N5O. The maximum absolute atomic E-state index is 9.49. The molecule has 0 radical (unpaired) electrons. The van der Waals surface area contributed by atoms with Crippen molar-refractivity contribution in [3.8, 4) is 6.07 Å². The van der Waals surface area contributed by atoms with Gasteiger partial charge in [0.1, 0.15) is 12.4 Å². The molecule has 2 heterocycles. The first-order valence-corrected chi connectivity index (χ1v) is 4.01. The van der Waals surface area contributed by atoms with E-state index in [2.05, 4.69) is 15.4 Å². The fourth-order valence-electron chi connectivity index (χ4n) is 1.41. The van der Waals surface area contributed by atoms with Gasteiger partial charge in [-0.25, -0.2) is 9.67 Å². The van der Waals surface area contributed by atoms with Gasteiger partial charge < -0.3 is 10.4 Å². The molecule has 13 heavy (non-hydrogen) atoms. The van der Waals surface area contributed by atoms with Crippen molar-refractivity contribution in [1.29, 1.82) is 5.26 Å². The molecule has 6 nitrogen and oxygen atoms in total.